The summed E-state index contributed by atoms with van der Waals surface area (Å²) >= 11 is 3.32. The molecule has 0 radical (unpaired) electrons. The Bertz CT molecular complexity index is 472. The normalized spacial score (nSPS) is 15.5. The molecule has 6 heteroatoms. The van der Waals surface area contributed by atoms with Crippen LogP contribution in [0.2, 0.25) is 0 Å². The van der Waals surface area contributed by atoms with E-state index in [0.29, 0.717) is 13.0 Å². The minimum absolute atomic E-state index is 0.00394. The summed E-state index contributed by atoms with van der Waals surface area (Å²) in [5, 5.41) is 6.99. The van der Waals surface area contributed by atoms with Crippen molar-refractivity contribution in [2.24, 2.45) is 5.92 Å². The molecular weight excluding hydrogens is 304 g/mol. The van der Waals surface area contributed by atoms with Gasteiger partial charge in [-0.25, -0.2) is 0 Å². The van der Waals surface area contributed by atoms with E-state index in [4.69, 9.17) is 0 Å². The minimum Gasteiger partial charge on any atom is -0.344 e. The van der Waals surface area contributed by atoms with Crippen molar-refractivity contribution in [2.45, 2.75) is 31.8 Å². The lowest BCUT2D eigenvalue weighted by Gasteiger charge is -2.24. The molecule has 0 saturated heterocycles. The molecule has 21 heavy (non-hydrogen) atoms. The Morgan fingerprint density at radius 3 is 2.86 bits per heavy atom. The number of thioether (sulfide) groups is 1. The first-order valence-electron chi connectivity index (χ1n) is 7.17. The second-order valence-electron chi connectivity index (χ2n) is 5.44. The van der Waals surface area contributed by atoms with Crippen molar-refractivity contribution in [1.82, 2.24) is 10.2 Å². The first-order chi connectivity index (χ1) is 10.1. The average molecular weight is 326 g/mol. The number of likely N-dealkylation sites (N-methyl/N-ethyl adjacent to an activating group) is 1. The largest absolute Gasteiger partial charge is 0.344 e. The summed E-state index contributed by atoms with van der Waals surface area (Å²) in [6.45, 7) is 0.595. The summed E-state index contributed by atoms with van der Waals surface area (Å²) in [6, 6.07) is 1.63. The first-order valence-corrected chi connectivity index (χ1v) is 9.51. The van der Waals surface area contributed by atoms with Gasteiger partial charge in [0.15, 0.2) is 0 Å². The van der Waals surface area contributed by atoms with Gasteiger partial charge in [0.1, 0.15) is 6.04 Å². The van der Waals surface area contributed by atoms with Crippen LogP contribution in [0.25, 0.3) is 0 Å². The molecule has 1 atom stereocenters. The number of rotatable bonds is 8. The van der Waals surface area contributed by atoms with Gasteiger partial charge >= 0.3 is 0 Å². The highest BCUT2D eigenvalue weighted by Gasteiger charge is 2.33. The smallest absolute Gasteiger partial charge is 0.245 e. The van der Waals surface area contributed by atoms with E-state index in [-0.39, 0.29) is 17.7 Å². The third-order valence-electron chi connectivity index (χ3n) is 3.55. The molecule has 1 aromatic heterocycles. The molecular formula is C15H22N2O2S2. The van der Waals surface area contributed by atoms with Crippen LogP contribution in [0.4, 0.5) is 0 Å². The topological polar surface area (TPSA) is 49.4 Å². The Morgan fingerprint density at radius 2 is 2.29 bits per heavy atom. The highest BCUT2D eigenvalue weighted by molar-refractivity contribution is 7.98. The van der Waals surface area contributed by atoms with Crippen LogP contribution < -0.4 is 5.32 Å². The van der Waals surface area contributed by atoms with Crippen LogP contribution in [0.1, 0.15) is 24.8 Å². The van der Waals surface area contributed by atoms with Crippen LogP contribution in [0, 0.1) is 5.92 Å². The van der Waals surface area contributed by atoms with Gasteiger partial charge in [0, 0.05) is 19.5 Å². The third kappa shape index (κ3) is 5.04. The Balaban J connectivity index is 1.92. The van der Waals surface area contributed by atoms with E-state index in [1.54, 1.807) is 35.0 Å². The van der Waals surface area contributed by atoms with E-state index in [2.05, 4.69) is 5.32 Å². The first kappa shape index (κ1) is 16.4. The van der Waals surface area contributed by atoms with Gasteiger partial charge in [-0.2, -0.15) is 23.1 Å². The van der Waals surface area contributed by atoms with Crippen molar-refractivity contribution in [2.75, 3.05) is 19.1 Å². The van der Waals surface area contributed by atoms with Gasteiger partial charge in [-0.05, 0) is 53.7 Å². The van der Waals surface area contributed by atoms with Gasteiger partial charge in [0.05, 0.1) is 0 Å². The Hall–Kier alpha value is -1.01. The molecule has 1 aliphatic carbocycles. The summed E-state index contributed by atoms with van der Waals surface area (Å²) in [6.07, 6.45) is 4.62. The monoisotopic (exact) mass is 326 g/mol. The summed E-state index contributed by atoms with van der Waals surface area (Å²) in [4.78, 5) is 26.2. The maximum absolute atomic E-state index is 12.6. The molecule has 1 saturated carbocycles. The van der Waals surface area contributed by atoms with Crippen molar-refractivity contribution in [3.8, 4) is 0 Å². The molecule has 2 amide bonds. The fourth-order valence-corrected chi connectivity index (χ4v) is 3.26. The zero-order chi connectivity index (χ0) is 15.2. The molecule has 4 nitrogen and oxygen atoms in total. The Morgan fingerprint density at radius 1 is 1.52 bits per heavy atom. The van der Waals surface area contributed by atoms with Crippen molar-refractivity contribution < 1.29 is 9.59 Å². The SMILES string of the molecule is CSCC[C@@H](NC(=O)C1CC1)C(=O)N(C)Cc1ccsc1. The molecule has 1 aliphatic rings. The lowest BCUT2D eigenvalue weighted by molar-refractivity contribution is -0.136. The van der Waals surface area contributed by atoms with E-state index in [1.807, 2.05) is 23.1 Å². The summed E-state index contributed by atoms with van der Waals surface area (Å²) < 4.78 is 0. The van der Waals surface area contributed by atoms with Gasteiger partial charge in [-0.15, -0.1) is 0 Å². The molecule has 2 rings (SSSR count). The molecule has 0 spiro atoms. The summed E-state index contributed by atoms with van der Waals surface area (Å²) in [5.74, 6) is 1.05. The highest BCUT2D eigenvalue weighted by atomic mass is 32.2. The van der Waals surface area contributed by atoms with Crippen LogP contribution in [0.5, 0.6) is 0 Å². The van der Waals surface area contributed by atoms with E-state index >= 15 is 0 Å². The maximum atomic E-state index is 12.6. The quantitative estimate of drug-likeness (QED) is 0.798. The fraction of sp³-hybridized carbons (Fsp3) is 0.600. The summed E-state index contributed by atoms with van der Waals surface area (Å²) in [7, 11) is 1.80. The van der Waals surface area contributed by atoms with Gasteiger partial charge in [0.2, 0.25) is 11.8 Å². The van der Waals surface area contributed by atoms with Crippen LogP contribution >= 0.6 is 23.1 Å². The molecule has 0 bridgehead atoms. The number of nitrogens with one attached hydrogen (secondary N) is 1. The maximum Gasteiger partial charge on any atom is 0.245 e. The van der Waals surface area contributed by atoms with E-state index < -0.39 is 6.04 Å². The zero-order valence-electron chi connectivity index (χ0n) is 12.5. The number of amides is 2. The minimum atomic E-state index is -0.394. The number of nitrogens with zero attached hydrogens (tertiary/aromatic N) is 1. The van der Waals surface area contributed by atoms with E-state index in [0.717, 1.165) is 24.2 Å². The molecule has 0 aromatic carbocycles. The molecule has 116 valence electrons. The molecule has 1 fully saturated rings. The molecule has 1 N–H and O–H groups in total. The van der Waals surface area contributed by atoms with Gasteiger partial charge in [-0.1, -0.05) is 0 Å². The lowest BCUT2D eigenvalue weighted by Crippen LogP contribution is -2.47. The van der Waals surface area contributed by atoms with Gasteiger partial charge in [-0.3, -0.25) is 9.59 Å². The predicted octanol–water partition coefficient (Wildman–Crippen LogP) is 2.35. The van der Waals surface area contributed by atoms with E-state index in [9.17, 15) is 9.59 Å². The summed E-state index contributed by atoms with van der Waals surface area (Å²) in [5.41, 5.74) is 1.13. The predicted molar refractivity (Wildman–Crippen MR) is 88.4 cm³/mol. The Labute approximate surface area is 134 Å². The number of hydrogen-bond acceptors (Lipinski definition) is 4. The van der Waals surface area contributed by atoms with Crippen molar-refractivity contribution in [1.29, 1.82) is 0 Å². The Kier molecular flexibility index (Phi) is 6.11. The van der Waals surface area contributed by atoms with Crippen molar-refractivity contribution in [3.63, 3.8) is 0 Å². The number of carbonyl (C=O) groups is 2. The second-order valence-corrected chi connectivity index (χ2v) is 7.21. The molecule has 1 aromatic rings. The van der Waals surface area contributed by atoms with Crippen LogP contribution in [-0.2, 0) is 16.1 Å². The fourth-order valence-electron chi connectivity index (χ4n) is 2.13. The van der Waals surface area contributed by atoms with Gasteiger partial charge < -0.3 is 10.2 Å². The second kappa shape index (κ2) is 7.84. The average Bonchev–Trinajstić information content (AvgIpc) is 3.21. The molecule has 0 aliphatic heterocycles. The van der Waals surface area contributed by atoms with E-state index in [1.165, 1.54) is 0 Å². The van der Waals surface area contributed by atoms with Crippen LogP contribution in [0.15, 0.2) is 16.8 Å². The zero-order valence-corrected chi connectivity index (χ0v) is 14.1. The van der Waals surface area contributed by atoms with Crippen molar-refractivity contribution in [3.05, 3.63) is 22.4 Å². The van der Waals surface area contributed by atoms with Crippen LogP contribution in [0.3, 0.4) is 0 Å². The molecule has 1 heterocycles. The number of thiophene rings is 1. The van der Waals surface area contributed by atoms with Crippen LogP contribution in [-0.4, -0.2) is 41.8 Å². The number of hydrogen-bond donors (Lipinski definition) is 1. The van der Waals surface area contributed by atoms with Crippen molar-refractivity contribution >= 4 is 34.9 Å². The molecule has 0 unspecified atom stereocenters. The standard InChI is InChI=1S/C15H22N2O2S2/c1-17(9-11-5-8-21-10-11)15(19)13(6-7-20-2)16-14(18)12-3-4-12/h5,8,10,12-13H,3-4,6-7,9H2,1-2H3,(H,16,18)/t13-/m1/s1. The van der Waals surface area contributed by atoms with Gasteiger partial charge in [0.25, 0.3) is 0 Å². The third-order valence-corrected chi connectivity index (χ3v) is 4.93. The lowest BCUT2D eigenvalue weighted by atomic mass is 10.1. The highest BCUT2D eigenvalue weighted by Crippen LogP contribution is 2.29. The number of carbonyl (C=O) groups excluding carboxylic acids is 2.